The summed E-state index contributed by atoms with van der Waals surface area (Å²) in [5.41, 5.74) is -1.11. The molecule has 0 spiro atoms. The van der Waals surface area contributed by atoms with Crippen molar-refractivity contribution in [1.82, 2.24) is 9.55 Å². The van der Waals surface area contributed by atoms with Crippen LogP contribution in [0.25, 0.3) is 5.69 Å². The summed E-state index contributed by atoms with van der Waals surface area (Å²) >= 11 is 5.67. The van der Waals surface area contributed by atoms with Gasteiger partial charge in [0.1, 0.15) is 5.02 Å². The van der Waals surface area contributed by atoms with Crippen LogP contribution < -0.4 is 11.2 Å². The van der Waals surface area contributed by atoms with Gasteiger partial charge in [-0.05, 0) is 19.1 Å². The van der Waals surface area contributed by atoms with Gasteiger partial charge in [-0.3, -0.25) is 14.9 Å². The maximum atomic E-state index is 11.8. The molecule has 0 saturated carbocycles. The van der Waals surface area contributed by atoms with Gasteiger partial charge in [-0.1, -0.05) is 11.6 Å². The summed E-state index contributed by atoms with van der Waals surface area (Å²) in [7, 11) is 0. The molecule has 0 atom stereocenters. The van der Waals surface area contributed by atoms with Crippen molar-refractivity contribution in [1.29, 1.82) is 0 Å². The number of hydrogen-bond acceptors (Lipinski definition) is 4. The first-order chi connectivity index (χ1) is 8.90. The van der Waals surface area contributed by atoms with E-state index >= 15 is 0 Å². The maximum Gasteiger partial charge on any atom is 0.333 e. The first kappa shape index (κ1) is 13.0. The van der Waals surface area contributed by atoms with Gasteiger partial charge in [-0.25, -0.2) is 9.36 Å². The lowest BCUT2D eigenvalue weighted by molar-refractivity contribution is -0.384. The van der Waals surface area contributed by atoms with E-state index in [1.54, 1.807) is 6.92 Å². The SMILES string of the molecule is Cc1cc(=O)n(-c2ccc(Cl)c([N+](=O)[O-])c2)c(=O)[nH]1. The van der Waals surface area contributed by atoms with E-state index in [2.05, 4.69) is 4.98 Å². The zero-order chi connectivity index (χ0) is 14.2. The molecule has 0 fully saturated rings. The van der Waals surface area contributed by atoms with Crippen molar-refractivity contribution in [3.05, 3.63) is 65.9 Å². The van der Waals surface area contributed by atoms with Crippen LogP contribution in [0.2, 0.25) is 5.02 Å². The van der Waals surface area contributed by atoms with Gasteiger partial charge in [0.2, 0.25) is 0 Å². The van der Waals surface area contributed by atoms with Crippen LogP contribution in [0.15, 0.2) is 33.9 Å². The highest BCUT2D eigenvalue weighted by atomic mass is 35.5. The van der Waals surface area contributed by atoms with Crippen molar-refractivity contribution in [2.24, 2.45) is 0 Å². The number of H-pyrrole nitrogens is 1. The molecule has 98 valence electrons. The highest BCUT2D eigenvalue weighted by molar-refractivity contribution is 6.32. The quantitative estimate of drug-likeness (QED) is 0.664. The Kier molecular flexibility index (Phi) is 3.22. The molecule has 1 aromatic heterocycles. The highest BCUT2D eigenvalue weighted by Crippen LogP contribution is 2.25. The normalized spacial score (nSPS) is 10.4. The van der Waals surface area contributed by atoms with E-state index < -0.39 is 16.2 Å². The fourth-order valence-electron chi connectivity index (χ4n) is 1.64. The van der Waals surface area contributed by atoms with Gasteiger partial charge in [0, 0.05) is 17.8 Å². The Morgan fingerprint density at radius 3 is 2.58 bits per heavy atom. The summed E-state index contributed by atoms with van der Waals surface area (Å²) in [6, 6.07) is 4.93. The predicted octanol–water partition coefficient (Wildman–Crippen LogP) is 1.40. The minimum Gasteiger partial charge on any atom is -0.311 e. The average molecular weight is 282 g/mol. The van der Waals surface area contributed by atoms with Gasteiger partial charge >= 0.3 is 5.69 Å². The Bertz CT molecular complexity index is 747. The average Bonchev–Trinajstić information content (AvgIpc) is 2.29. The van der Waals surface area contributed by atoms with E-state index in [-0.39, 0.29) is 16.4 Å². The van der Waals surface area contributed by atoms with Crippen LogP contribution in [-0.2, 0) is 0 Å². The summed E-state index contributed by atoms with van der Waals surface area (Å²) in [6.07, 6.45) is 0. The van der Waals surface area contributed by atoms with Crippen molar-refractivity contribution in [2.45, 2.75) is 6.92 Å². The molecule has 1 heterocycles. The van der Waals surface area contributed by atoms with Gasteiger partial charge in [-0.15, -0.1) is 0 Å². The van der Waals surface area contributed by atoms with Crippen molar-refractivity contribution < 1.29 is 4.92 Å². The number of aromatic amines is 1. The number of hydrogen-bond donors (Lipinski definition) is 1. The van der Waals surface area contributed by atoms with Crippen LogP contribution in [0.4, 0.5) is 5.69 Å². The van der Waals surface area contributed by atoms with Crippen molar-refractivity contribution >= 4 is 17.3 Å². The Morgan fingerprint density at radius 2 is 2.00 bits per heavy atom. The molecule has 19 heavy (non-hydrogen) atoms. The Balaban J connectivity index is 2.74. The number of nitrogens with one attached hydrogen (secondary N) is 1. The molecule has 7 nitrogen and oxygen atoms in total. The summed E-state index contributed by atoms with van der Waals surface area (Å²) in [4.78, 5) is 36.0. The zero-order valence-electron chi connectivity index (χ0n) is 9.71. The first-order valence-electron chi connectivity index (χ1n) is 5.17. The fraction of sp³-hybridized carbons (Fsp3) is 0.0909. The number of halogens is 1. The van der Waals surface area contributed by atoms with Crippen molar-refractivity contribution in [3.63, 3.8) is 0 Å². The van der Waals surface area contributed by atoms with Gasteiger partial charge in [0.25, 0.3) is 11.2 Å². The third kappa shape index (κ3) is 2.41. The van der Waals surface area contributed by atoms with Crippen LogP contribution in [0.3, 0.4) is 0 Å². The van der Waals surface area contributed by atoms with E-state index in [1.807, 2.05) is 0 Å². The minimum absolute atomic E-state index is 0.0645. The lowest BCUT2D eigenvalue weighted by Crippen LogP contribution is -2.33. The third-order valence-electron chi connectivity index (χ3n) is 2.45. The van der Waals surface area contributed by atoms with E-state index in [9.17, 15) is 19.7 Å². The van der Waals surface area contributed by atoms with E-state index in [0.29, 0.717) is 5.69 Å². The lowest BCUT2D eigenvalue weighted by Gasteiger charge is -2.05. The number of nitro groups is 1. The summed E-state index contributed by atoms with van der Waals surface area (Å²) in [6.45, 7) is 1.57. The first-order valence-corrected chi connectivity index (χ1v) is 5.55. The van der Waals surface area contributed by atoms with E-state index in [4.69, 9.17) is 11.6 Å². The Hall–Kier alpha value is -2.41. The Labute approximate surface area is 111 Å². The standard InChI is InChI=1S/C11H8ClN3O4/c1-6-4-10(16)14(11(17)13-6)7-2-3-8(12)9(5-7)15(18)19/h2-5H,1H3,(H,13,17). The maximum absolute atomic E-state index is 11.8. The molecule has 0 radical (unpaired) electrons. The molecule has 2 aromatic rings. The van der Waals surface area contributed by atoms with Crippen LogP contribution in [-0.4, -0.2) is 14.5 Å². The molecule has 0 aliphatic carbocycles. The van der Waals surface area contributed by atoms with Gasteiger partial charge in [0.05, 0.1) is 10.6 Å². The van der Waals surface area contributed by atoms with E-state index in [1.165, 1.54) is 18.2 Å². The topological polar surface area (TPSA) is 98.0 Å². The fourth-order valence-corrected chi connectivity index (χ4v) is 1.82. The lowest BCUT2D eigenvalue weighted by atomic mass is 10.2. The van der Waals surface area contributed by atoms with Crippen LogP contribution in [0.5, 0.6) is 0 Å². The molecule has 2 rings (SSSR count). The largest absolute Gasteiger partial charge is 0.333 e. The number of nitro benzene ring substituents is 1. The third-order valence-corrected chi connectivity index (χ3v) is 2.77. The Morgan fingerprint density at radius 1 is 1.32 bits per heavy atom. The van der Waals surface area contributed by atoms with Crippen molar-refractivity contribution in [3.8, 4) is 5.69 Å². The summed E-state index contributed by atoms with van der Waals surface area (Å²) in [5.74, 6) is 0. The van der Waals surface area contributed by atoms with Crippen LogP contribution >= 0.6 is 11.6 Å². The number of rotatable bonds is 2. The predicted molar refractivity (Wildman–Crippen MR) is 69.1 cm³/mol. The monoisotopic (exact) mass is 281 g/mol. The second kappa shape index (κ2) is 4.69. The molecule has 0 amide bonds. The number of aryl methyl sites for hydroxylation is 1. The molecule has 1 N–H and O–H groups in total. The van der Waals surface area contributed by atoms with Crippen LogP contribution in [0, 0.1) is 17.0 Å². The molecule has 0 aliphatic rings. The number of aromatic nitrogens is 2. The molecular weight excluding hydrogens is 274 g/mol. The number of benzene rings is 1. The van der Waals surface area contributed by atoms with Gasteiger partial charge < -0.3 is 4.98 Å². The smallest absolute Gasteiger partial charge is 0.311 e. The highest BCUT2D eigenvalue weighted by Gasteiger charge is 2.15. The zero-order valence-corrected chi connectivity index (χ0v) is 10.5. The molecule has 0 saturated heterocycles. The summed E-state index contributed by atoms with van der Waals surface area (Å²) < 4.78 is 0.802. The molecular formula is C11H8ClN3O4. The minimum atomic E-state index is -0.681. The second-order valence-electron chi connectivity index (χ2n) is 3.82. The molecule has 0 aliphatic heterocycles. The molecule has 0 bridgehead atoms. The molecule has 1 aromatic carbocycles. The van der Waals surface area contributed by atoms with Crippen LogP contribution in [0.1, 0.15) is 5.69 Å². The van der Waals surface area contributed by atoms with Gasteiger partial charge in [-0.2, -0.15) is 0 Å². The summed E-state index contributed by atoms with van der Waals surface area (Å²) in [5, 5.41) is 10.7. The molecule has 0 unspecified atom stereocenters. The van der Waals surface area contributed by atoms with Gasteiger partial charge in [0.15, 0.2) is 0 Å². The number of nitrogens with zero attached hydrogens (tertiary/aromatic N) is 2. The van der Waals surface area contributed by atoms with Crippen molar-refractivity contribution in [2.75, 3.05) is 0 Å². The van der Waals surface area contributed by atoms with E-state index in [0.717, 1.165) is 10.6 Å². The second-order valence-corrected chi connectivity index (χ2v) is 4.23. The molecule has 8 heteroatoms.